The van der Waals surface area contributed by atoms with Gasteiger partial charge < -0.3 is 10.2 Å². The smallest absolute Gasteiger partial charge is 0.132 e. The van der Waals surface area contributed by atoms with E-state index in [-0.39, 0.29) is 0 Å². The van der Waals surface area contributed by atoms with Crippen LogP contribution in [-0.4, -0.2) is 36.1 Å². The van der Waals surface area contributed by atoms with Gasteiger partial charge in [-0.25, -0.2) is 4.98 Å². The van der Waals surface area contributed by atoms with Crippen LogP contribution in [0.4, 0.5) is 5.82 Å². The molecule has 0 bridgehead atoms. The monoisotopic (exact) mass is 250 g/mol. The van der Waals surface area contributed by atoms with E-state index in [2.05, 4.69) is 21.3 Å². The Kier molecular flexibility index (Phi) is 4.18. The Morgan fingerprint density at radius 1 is 1.41 bits per heavy atom. The number of anilines is 1. The van der Waals surface area contributed by atoms with Crippen LogP contribution in [0.15, 0.2) is 12.1 Å². The fourth-order valence-corrected chi connectivity index (χ4v) is 2.21. The molecule has 1 aromatic heterocycles. The molecule has 1 aliphatic heterocycles. The van der Waals surface area contributed by atoms with Crippen molar-refractivity contribution in [3.8, 4) is 6.07 Å². The second-order valence-corrected chi connectivity index (χ2v) is 4.54. The average Bonchev–Trinajstić information content (AvgIpc) is 2.81. The maximum absolute atomic E-state index is 8.81. The highest BCUT2D eigenvalue weighted by Crippen LogP contribution is 2.13. The Morgan fingerprint density at radius 2 is 2.18 bits per heavy atom. The largest absolute Gasteiger partial charge is 0.369 e. The molecule has 17 heavy (non-hydrogen) atoms. The lowest BCUT2D eigenvalue weighted by Crippen LogP contribution is -2.26. The van der Waals surface area contributed by atoms with Gasteiger partial charge in [-0.15, -0.1) is 0 Å². The van der Waals surface area contributed by atoms with Crippen LogP contribution < -0.4 is 5.32 Å². The van der Waals surface area contributed by atoms with Crippen LogP contribution in [0.5, 0.6) is 0 Å². The molecule has 0 aliphatic carbocycles. The van der Waals surface area contributed by atoms with Crippen LogP contribution in [0.25, 0.3) is 0 Å². The van der Waals surface area contributed by atoms with Crippen LogP contribution in [0.2, 0.25) is 5.15 Å². The molecule has 1 fully saturated rings. The molecule has 5 heteroatoms. The van der Waals surface area contributed by atoms with Gasteiger partial charge in [-0.05, 0) is 38.1 Å². The van der Waals surface area contributed by atoms with Crippen LogP contribution in [0, 0.1) is 11.3 Å². The Hall–Kier alpha value is -1.31. The van der Waals surface area contributed by atoms with Crippen molar-refractivity contribution in [1.29, 1.82) is 5.26 Å². The fourth-order valence-electron chi connectivity index (χ4n) is 2.00. The predicted molar refractivity (Wildman–Crippen MR) is 68.1 cm³/mol. The summed E-state index contributed by atoms with van der Waals surface area (Å²) in [6.45, 7) is 4.22. The molecule has 1 N–H and O–H groups in total. The molecule has 0 unspecified atom stereocenters. The molecule has 0 amide bonds. The molecular weight excluding hydrogens is 236 g/mol. The summed E-state index contributed by atoms with van der Waals surface area (Å²) in [5.74, 6) is 0.674. The Labute approximate surface area is 106 Å². The Morgan fingerprint density at radius 3 is 2.88 bits per heavy atom. The van der Waals surface area contributed by atoms with Gasteiger partial charge >= 0.3 is 0 Å². The number of hydrogen-bond acceptors (Lipinski definition) is 4. The first-order chi connectivity index (χ1) is 8.28. The third-order valence-corrected chi connectivity index (χ3v) is 3.05. The number of likely N-dealkylation sites (tertiary alicyclic amines) is 1. The Bertz CT molecular complexity index is 421. The van der Waals surface area contributed by atoms with Crippen LogP contribution in [-0.2, 0) is 0 Å². The molecule has 2 heterocycles. The molecule has 0 aromatic carbocycles. The van der Waals surface area contributed by atoms with E-state index < -0.39 is 0 Å². The summed E-state index contributed by atoms with van der Waals surface area (Å²) in [4.78, 5) is 6.55. The lowest BCUT2D eigenvalue weighted by atomic mass is 10.3. The average molecular weight is 251 g/mol. The molecule has 2 rings (SSSR count). The van der Waals surface area contributed by atoms with Crippen LogP contribution in [0.1, 0.15) is 18.4 Å². The number of nitrogens with zero attached hydrogens (tertiary/aromatic N) is 3. The predicted octanol–water partition coefficient (Wildman–Crippen LogP) is 2.11. The zero-order chi connectivity index (χ0) is 12.1. The second-order valence-electron chi connectivity index (χ2n) is 4.15. The number of aromatic nitrogens is 1. The number of rotatable bonds is 4. The molecule has 1 aromatic rings. The van der Waals surface area contributed by atoms with E-state index in [1.165, 1.54) is 25.9 Å². The second kappa shape index (κ2) is 5.85. The van der Waals surface area contributed by atoms with E-state index in [4.69, 9.17) is 16.9 Å². The number of pyridine rings is 1. The molecule has 0 atom stereocenters. The first-order valence-corrected chi connectivity index (χ1v) is 6.19. The van der Waals surface area contributed by atoms with Gasteiger partial charge in [-0.1, -0.05) is 11.6 Å². The van der Waals surface area contributed by atoms with Crippen LogP contribution in [0.3, 0.4) is 0 Å². The third-order valence-electron chi connectivity index (χ3n) is 2.86. The molecule has 0 saturated carbocycles. The van der Waals surface area contributed by atoms with Crippen molar-refractivity contribution < 1.29 is 0 Å². The maximum atomic E-state index is 8.81. The number of halogens is 1. The SMILES string of the molecule is N#Cc1cc(Cl)nc(NCCN2CCCC2)c1. The van der Waals surface area contributed by atoms with E-state index in [1.54, 1.807) is 12.1 Å². The summed E-state index contributed by atoms with van der Waals surface area (Å²) < 4.78 is 0. The standard InChI is InChI=1S/C12H15ClN4/c13-11-7-10(9-14)8-12(16-11)15-3-6-17-4-1-2-5-17/h7-8H,1-6H2,(H,15,16). The van der Waals surface area contributed by atoms with Gasteiger partial charge in [0.05, 0.1) is 11.6 Å². The maximum Gasteiger partial charge on any atom is 0.132 e. The minimum atomic E-state index is 0.354. The minimum Gasteiger partial charge on any atom is -0.369 e. The van der Waals surface area contributed by atoms with E-state index in [9.17, 15) is 0 Å². The van der Waals surface area contributed by atoms with Gasteiger partial charge in [-0.3, -0.25) is 0 Å². The van der Waals surface area contributed by atoms with Crippen molar-refractivity contribution in [2.45, 2.75) is 12.8 Å². The third kappa shape index (κ3) is 3.58. The first-order valence-electron chi connectivity index (χ1n) is 5.82. The highest BCUT2D eigenvalue weighted by molar-refractivity contribution is 6.29. The number of nitrogens with one attached hydrogen (secondary N) is 1. The van der Waals surface area contributed by atoms with Crippen molar-refractivity contribution in [2.75, 3.05) is 31.5 Å². The highest BCUT2D eigenvalue weighted by atomic mass is 35.5. The van der Waals surface area contributed by atoms with Crippen molar-refractivity contribution in [3.05, 3.63) is 22.8 Å². The van der Waals surface area contributed by atoms with Crippen molar-refractivity contribution >= 4 is 17.4 Å². The van der Waals surface area contributed by atoms with Gasteiger partial charge in [0.1, 0.15) is 11.0 Å². The quantitative estimate of drug-likeness (QED) is 0.832. The van der Waals surface area contributed by atoms with Crippen molar-refractivity contribution in [2.24, 2.45) is 0 Å². The number of nitriles is 1. The van der Waals surface area contributed by atoms with E-state index in [1.807, 2.05) is 0 Å². The molecule has 4 nitrogen and oxygen atoms in total. The Balaban J connectivity index is 1.85. The summed E-state index contributed by atoms with van der Waals surface area (Å²) in [6.07, 6.45) is 2.60. The van der Waals surface area contributed by atoms with Crippen molar-refractivity contribution in [3.63, 3.8) is 0 Å². The lowest BCUT2D eigenvalue weighted by molar-refractivity contribution is 0.352. The molecule has 1 saturated heterocycles. The summed E-state index contributed by atoms with van der Waals surface area (Å²) in [6, 6.07) is 5.35. The summed E-state index contributed by atoms with van der Waals surface area (Å²) in [5.41, 5.74) is 0.536. The molecule has 0 spiro atoms. The molecule has 90 valence electrons. The molecule has 0 radical (unpaired) electrons. The summed E-state index contributed by atoms with van der Waals surface area (Å²) in [5, 5.41) is 12.4. The van der Waals surface area contributed by atoms with Gasteiger partial charge in [0, 0.05) is 13.1 Å². The zero-order valence-electron chi connectivity index (χ0n) is 9.62. The zero-order valence-corrected chi connectivity index (χ0v) is 10.4. The van der Waals surface area contributed by atoms with Gasteiger partial charge in [0.15, 0.2) is 0 Å². The van der Waals surface area contributed by atoms with Gasteiger partial charge in [0.2, 0.25) is 0 Å². The van der Waals surface area contributed by atoms with Crippen molar-refractivity contribution in [1.82, 2.24) is 9.88 Å². The molecule has 1 aliphatic rings. The topological polar surface area (TPSA) is 52.0 Å². The van der Waals surface area contributed by atoms with E-state index in [0.717, 1.165) is 13.1 Å². The number of hydrogen-bond donors (Lipinski definition) is 1. The van der Waals surface area contributed by atoms with Gasteiger partial charge in [0.25, 0.3) is 0 Å². The van der Waals surface area contributed by atoms with Gasteiger partial charge in [-0.2, -0.15) is 5.26 Å². The lowest BCUT2D eigenvalue weighted by Gasteiger charge is -2.15. The highest BCUT2D eigenvalue weighted by Gasteiger charge is 2.10. The van der Waals surface area contributed by atoms with E-state index >= 15 is 0 Å². The summed E-state index contributed by atoms with van der Waals surface area (Å²) in [7, 11) is 0. The normalized spacial score (nSPS) is 15.8. The minimum absolute atomic E-state index is 0.354. The fraction of sp³-hybridized carbons (Fsp3) is 0.500. The first kappa shape index (κ1) is 12.2. The van der Waals surface area contributed by atoms with Crippen LogP contribution >= 0.6 is 11.6 Å². The van der Waals surface area contributed by atoms with E-state index in [0.29, 0.717) is 16.5 Å². The summed E-state index contributed by atoms with van der Waals surface area (Å²) >= 11 is 5.82. The molecular formula is C12H15ClN4.